The molecular formula is C13H17N3O3. The third-order valence-corrected chi connectivity index (χ3v) is 3.19. The molecule has 0 bridgehead atoms. The first-order valence-electron chi connectivity index (χ1n) is 6.19. The second-order valence-corrected chi connectivity index (χ2v) is 4.80. The fraction of sp³-hybridized carbons (Fsp3) is 0.462. The van der Waals surface area contributed by atoms with E-state index in [4.69, 9.17) is 5.11 Å². The average molecular weight is 263 g/mol. The fourth-order valence-corrected chi connectivity index (χ4v) is 2.37. The van der Waals surface area contributed by atoms with E-state index in [0.717, 1.165) is 24.3 Å². The Labute approximate surface area is 111 Å². The summed E-state index contributed by atoms with van der Waals surface area (Å²) in [5.41, 5.74) is 1.03. The lowest BCUT2D eigenvalue weighted by molar-refractivity contribution is -0.119. The van der Waals surface area contributed by atoms with Crippen LogP contribution in [0.1, 0.15) is 29.3 Å². The number of rotatable bonds is 3. The molecule has 0 saturated carbocycles. The number of aryl methyl sites for hydroxylation is 1. The molecule has 102 valence electrons. The molecule has 1 atom stereocenters. The Morgan fingerprint density at radius 3 is 2.84 bits per heavy atom. The molecule has 0 aromatic carbocycles. The molecule has 1 fully saturated rings. The molecule has 2 N–H and O–H groups in total. The van der Waals surface area contributed by atoms with Crippen molar-refractivity contribution in [1.29, 1.82) is 0 Å². The van der Waals surface area contributed by atoms with E-state index >= 15 is 0 Å². The summed E-state index contributed by atoms with van der Waals surface area (Å²) in [6, 6.07) is 1.76. The van der Waals surface area contributed by atoms with Gasteiger partial charge in [0.05, 0.1) is 5.56 Å². The van der Waals surface area contributed by atoms with E-state index in [-0.39, 0.29) is 17.5 Å². The quantitative estimate of drug-likeness (QED) is 0.843. The number of hydrogen-bond acceptors (Lipinski definition) is 4. The van der Waals surface area contributed by atoms with E-state index < -0.39 is 5.97 Å². The van der Waals surface area contributed by atoms with Crippen molar-refractivity contribution < 1.29 is 14.7 Å². The van der Waals surface area contributed by atoms with Crippen LogP contribution in [0.3, 0.4) is 0 Å². The number of pyridine rings is 1. The molecule has 0 aliphatic carbocycles. The first-order valence-corrected chi connectivity index (χ1v) is 6.19. The first-order chi connectivity index (χ1) is 8.97. The van der Waals surface area contributed by atoms with E-state index in [0.29, 0.717) is 6.54 Å². The Bertz CT molecular complexity index is 516. The number of anilines is 1. The maximum absolute atomic E-state index is 11.0. The number of aromatic carboxylic acids is 1. The summed E-state index contributed by atoms with van der Waals surface area (Å²) in [5.74, 6) is -0.213. The summed E-state index contributed by atoms with van der Waals surface area (Å²) < 4.78 is 0. The van der Waals surface area contributed by atoms with Gasteiger partial charge in [0.1, 0.15) is 5.82 Å². The van der Waals surface area contributed by atoms with Crippen LogP contribution in [0.4, 0.5) is 5.82 Å². The highest BCUT2D eigenvalue weighted by atomic mass is 16.4. The number of carboxylic acids is 1. The number of nitrogens with zero attached hydrogens (tertiary/aromatic N) is 2. The second-order valence-electron chi connectivity index (χ2n) is 4.80. The number of nitrogens with one attached hydrogen (secondary N) is 1. The summed E-state index contributed by atoms with van der Waals surface area (Å²) in [6.45, 7) is 4.87. The van der Waals surface area contributed by atoms with Crippen LogP contribution in [-0.2, 0) is 4.79 Å². The lowest BCUT2D eigenvalue weighted by atomic mass is 10.2. The van der Waals surface area contributed by atoms with E-state index in [1.807, 2.05) is 6.92 Å². The van der Waals surface area contributed by atoms with Crippen molar-refractivity contribution in [2.75, 3.05) is 18.0 Å². The van der Waals surface area contributed by atoms with Gasteiger partial charge in [-0.2, -0.15) is 0 Å². The summed E-state index contributed by atoms with van der Waals surface area (Å²) in [4.78, 5) is 28.2. The van der Waals surface area contributed by atoms with Gasteiger partial charge in [0.2, 0.25) is 5.91 Å². The standard InChI is InChI=1S/C13H17N3O3/c1-8-5-10(13(18)19)6-14-12(8)16-4-3-11(7-16)15-9(2)17/h5-6,11H,3-4,7H2,1-2H3,(H,15,17)(H,18,19). The molecule has 19 heavy (non-hydrogen) atoms. The Kier molecular flexibility index (Phi) is 3.69. The fourth-order valence-electron chi connectivity index (χ4n) is 2.37. The Morgan fingerprint density at radius 1 is 1.53 bits per heavy atom. The minimum atomic E-state index is -0.973. The van der Waals surface area contributed by atoms with Crippen LogP contribution in [-0.4, -0.2) is 41.1 Å². The highest BCUT2D eigenvalue weighted by Gasteiger charge is 2.25. The molecule has 0 radical (unpaired) electrons. The van der Waals surface area contributed by atoms with Crippen molar-refractivity contribution in [2.45, 2.75) is 26.3 Å². The first kappa shape index (κ1) is 13.3. The van der Waals surface area contributed by atoms with Crippen molar-refractivity contribution in [2.24, 2.45) is 0 Å². The van der Waals surface area contributed by atoms with Gasteiger partial charge in [-0.05, 0) is 25.0 Å². The number of hydrogen-bond donors (Lipinski definition) is 2. The third kappa shape index (κ3) is 3.01. The molecule has 1 aromatic rings. The zero-order valence-corrected chi connectivity index (χ0v) is 11.0. The van der Waals surface area contributed by atoms with E-state index in [1.54, 1.807) is 6.07 Å². The molecule has 0 spiro atoms. The van der Waals surface area contributed by atoms with Gasteiger partial charge in [0, 0.05) is 32.3 Å². The van der Waals surface area contributed by atoms with E-state index in [9.17, 15) is 9.59 Å². The predicted octanol–water partition coefficient (Wildman–Crippen LogP) is 0.803. The molecule has 1 amide bonds. The molecule has 1 aliphatic rings. The number of aromatic nitrogens is 1. The van der Waals surface area contributed by atoms with E-state index in [2.05, 4.69) is 15.2 Å². The zero-order chi connectivity index (χ0) is 14.0. The molecule has 1 unspecified atom stereocenters. The highest BCUT2D eigenvalue weighted by molar-refractivity contribution is 5.87. The summed E-state index contributed by atoms with van der Waals surface area (Å²) in [6.07, 6.45) is 2.25. The largest absolute Gasteiger partial charge is 0.478 e. The molecular weight excluding hydrogens is 246 g/mol. The maximum atomic E-state index is 11.0. The molecule has 1 aromatic heterocycles. The van der Waals surface area contributed by atoms with Crippen LogP contribution in [0.15, 0.2) is 12.3 Å². The number of carboxylic acid groups (broad SMARTS) is 1. The number of carbonyl (C=O) groups is 2. The molecule has 1 saturated heterocycles. The summed E-state index contributed by atoms with van der Waals surface area (Å²) in [5, 5.41) is 11.8. The molecule has 2 heterocycles. The van der Waals surface area contributed by atoms with Crippen LogP contribution in [0, 0.1) is 6.92 Å². The Morgan fingerprint density at radius 2 is 2.26 bits per heavy atom. The lowest BCUT2D eigenvalue weighted by Gasteiger charge is -2.19. The van der Waals surface area contributed by atoms with E-state index in [1.165, 1.54) is 13.1 Å². The van der Waals surface area contributed by atoms with Gasteiger partial charge in [-0.3, -0.25) is 4.79 Å². The minimum Gasteiger partial charge on any atom is -0.478 e. The third-order valence-electron chi connectivity index (χ3n) is 3.19. The van der Waals surface area contributed by atoms with Gasteiger partial charge in [-0.15, -0.1) is 0 Å². The van der Waals surface area contributed by atoms with Crippen LogP contribution >= 0.6 is 0 Å². The van der Waals surface area contributed by atoms with Crippen molar-refractivity contribution >= 4 is 17.7 Å². The minimum absolute atomic E-state index is 0.0299. The SMILES string of the molecule is CC(=O)NC1CCN(c2ncc(C(=O)O)cc2C)C1. The van der Waals surface area contributed by atoms with Gasteiger partial charge in [-0.1, -0.05) is 0 Å². The van der Waals surface area contributed by atoms with Crippen molar-refractivity contribution in [3.05, 3.63) is 23.4 Å². The Balaban J connectivity index is 2.11. The van der Waals surface area contributed by atoms with Crippen LogP contribution in [0.5, 0.6) is 0 Å². The lowest BCUT2D eigenvalue weighted by Crippen LogP contribution is -2.35. The van der Waals surface area contributed by atoms with Crippen LogP contribution < -0.4 is 10.2 Å². The summed E-state index contributed by atoms with van der Waals surface area (Å²) in [7, 11) is 0. The van der Waals surface area contributed by atoms with Gasteiger partial charge in [0.15, 0.2) is 0 Å². The van der Waals surface area contributed by atoms with Crippen LogP contribution in [0.25, 0.3) is 0 Å². The van der Waals surface area contributed by atoms with Gasteiger partial charge in [0.25, 0.3) is 0 Å². The van der Waals surface area contributed by atoms with Gasteiger partial charge in [-0.25, -0.2) is 9.78 Å². The molecule has 6 nitrogen and oxygen atoms in total. The number of carbonyl (C=O) groups excluding carboxylic acids is 1. The second kappa shape index (κ2) is 5.26. The topological polar surface area (TPSA) is 82.5 Å². The highest BCUT2D eigenvalue weighted by Crippen LogP contribution is 2.22. The van der Waals surface area contributed by atoms with Gasteiger partial charge < -0.3 is 15.3 Å². The molecule has 2 rings (SSSR count). The zero-order valence-electron chi connectivity index (χ0n) is 11.0. The predicted molar refractivity (Wildman–Crippen MR) is 70.4 cm³/mol. The summed E-state index contributed by atoms with van der Waals surface area (Å²) >= 11 is 0. The molecule has 1 aliphatic heterocycles. The molecule has 6 heteroatoms. The van der Waals surface area contributed by atoms with Crippen molar-refractivity contribution in [3.8, 4) is 0 Å². The average Bonchev–Trinajstić information content (AvgIpc) is 2.76. The Hall–Kier alpha value is -2.11. The normalized spacial score (nSPS) is 18.4. The maximum Gasteiger partial charge on any atom is 0.337 e. The van der Waals surface area contributed by atoms with Crippen molar-refractivity contribution in [1.82, 2.24) is 10.3 Å². The smallest absolute Gasteiger partial charge is 0.337 e. The van der Waals surface area contributed by atoms with Crippen molar-refractivity contribution in [3.63, 3.8) is 0 Å². The monoisotopic (exact) mass is 263 g/mol. The number of amides is 1. The van der Waals surface area contributed by atoms with Crippen LogP contribution in [0.2, 0.25) is 0 Å². The van der Waals surface area contributed by atoms with Gasteiger partial charge >= 0.3 is 5.97 Å².